The molecule has 88 valence electrons. The first-order valence-corrected chi connectivity index (χ1v) is 5.53. The van der Waals surface area contributed by atoms with E-state index in [4.69, 9.17) is 0 Å². The lowest BCUT2D eigenvalue weighted by atomic mass is 10.0. The molecule has 1 heterocycles. The Balaban J connectivity index is 2.54. The molecule has 0 N–H and O–H groups in total. The van der Waals surface area contributed by atoms with Crippen molar-refractivity contribution in [3.8, 4) is 0 Å². The minimum absolute atomic E-state index is 0.217. The number of carbonyl (C=O) groups is 1. The Hall–Kier alpha value is -1.90. The molecule has 0 bridgehead atoms. The van der Waals surface area contributed by atoms with Gasteiger partial charge in [0, 0.05) is 11.6 Å². The standard InChI is InChI=1S/C14H15NO2/c1-9-4-5-15-14-10(2)6-11(7-12(9)14)8-13(16)17-3/h4-7H,8H2,1-3H3. The van der Waals surface area contributed by atoms with Gasteiger partial charge in [-0.3, -0.25) is 9.78 Å². The van der Waals surface area contributed by atoms with E-state index in [0.717, 1.165) is 22.0 Å². The molecule has 0 radical (unpaired) electrons. The Morgan fingerprint density at radius 3 is 2.76 bits per heavy atom. The van der Waals surface area contributed by atoms with E-state index in [-0.39, 0.29) is 5.97 Å². The highest BCUT2D eigenvalue weighted by Crippen LogP contribution is 2.22. The third kappa shape index (κ3) is 2.28. The quantitative estimate of drug-likeness (QED) is 0.743. The molecule has 0 amide bonds. The summed E-state index contributed by atoms with van der Waals surface area (Å²) in [5.74, 6) is -0.217. The van der Waals surface area contributed by atoms with Gasteiger partial charge in [0.15, 0.2) is 0 Å². The van der Waals surface area contributed by atoms with Gasteiger partial charge in [-0.1, -0.05) is 6.07 Å². The van der Waals surface area contributed by atoms with Gasteiger partial charge in [-0.05, 0) is 42.7 Å². The monoisotopic (exact) mass is 229 g/mol. The Morgan fingerprint density at radius 1 is 1.29 bits per heavy atom. The van der Waals surface area contributed by atoms with E-state index in [0.29, 0.717) is 6.42 Å². The second kappa shape index (κ2) is 4.53. The van der Waals surface area contributed by atoms with E-state index in [9.17, 15) is 4.79 Å². The van der Waals surface area contributed by atoms with Crippen molar-refractivity contribution < 1.29 is 9.53 Å². The van der Waals surface area contributed by atoms with Crippen molar-refractivity contribution in [3.05, 3.63) is 41.1 Å². The molecule has 2 rings (SSSR count). The molecule has 0 unspecified atom stereocenters. The summed E-state index contributed by atoms with van der Waals surface area (Å²) in [7, 11) is 1.41. The second-order valence-corrected chi connectivity index (χ2v) is 4.19. The maximum absolute atomic E-state index is 11.3. The van der Waals surface area contributed by atoms with Crippen LogP contribution >= 0.6 is 0 Å². The first kappa shape index (κ1) is 11.6. The predicted octanol–water partition coefficient (Wildman–Crippen LogP) is 2.57. The van der Waals surface area contributed by atoms with Crippen LogP contribution < -0.4 is 0 Å². The van der Waals surface area contributed by atoms with E-state index >= 15 is 0 Å². The fraction of sp³-hybridized carbons (Fsp3) is 0.286. The van der Waals surface area contributed by atoms with Gasteiger partial charge in [0.05, 0.1) is 19.0 Å². The number of pyridine rings is 1. The van der Waals surface area contributed by atoms with E-state index in [2.05, 4.69) is 9.72 Å². The molecule has 0 saturated heterocycles. The fourth-order valence-corrected chi connectivity index (χ4v) is 1.98. The van der Waals surface area contributed by atoms with Crippen LogP contribution in [0.25, 0.3) is 10.9 Å². The van der Waals surface area contributed by atoms with Crippen LogP contribution in [0.15, 0.2) is 24.4 Å². The summed E-state index contributed by atoms with van der Waals surface area (Å²) in [6.45, 7) is 4.06. The summed E-state index contributed by atoms with van der Waals surface area (Å²) in [5, 5.41) is 1.10. The van der Waals surface area contributed by atoms with E-state index in [1.807, 2.05) is 38.2 Å². The molecular formula is C14H15NO2. The summed E-state index contributed by atoms with van der Waals surface area (Å²) in [5.41, 5.74) is 4.23. The molecule has 1 aromatic heterocycles. The number of aryl methyl sites for hydroxylation is 2. The van der Waals surface area contributed by atoms with Gasteiger partial charge in [-0.2, -0.15) is 0 Å². The number of ether oxygens (including phenoxy) is 1. The number of esters is 1. The SMILES string of the molecule is COC(=O)Cc1cc(C)c2nccc(C)c2c1. The summed E-state index contributed by atoms with van der Waals surface area (Å²) in [6, 6.07) is 5.98. The molecule has 0 saturated carbocycles. The van der Waals surface area contributed by atoms with Gasteiger partial charge < -0.3 is 4.74 Å². The Morgan fingerprint density at radius 2 is 2.06 bits per heavy atom. The number of methoxy groups -OCH3 is 1. The lowest BCUT2D eigenvalue weighted by Gasteiger charge is -2.07. The smallest absolute Gasteiger partial charge is 0.309 e. The highest BCUT2D eigenvalue weighted by Gasteiger charge is 2.07. The normalized spacial score (nSPS) is 10.5. The maximum atomic E-state index is 11.3. The van der Waals surface area contributed by atoms with Crippen LogP contribution in [0.3, 0.4) is 0 Å². The second-order valence-electron chi connectivity index (χ2n) is 4.19. The molecule has 0 aliphatic heterocycles. The van der Waals surface area contributed by atoms with E-state index in [1.54, 1.807) is 0 Å². The molecule has 0 atom stereocenters. The van der Waals surface area contributed by atoms with Crippen molar-refractivity contribution in [1.82, 2.24) is 4.98 Å². The van der Waals surface area contributed by atoms with Crippen LogP contribution in [0.1, 0.15) is 16.7 Å². The lowest BCUT2D eigenvalue weighted by molar-refractivity contribution is -0.139. The molecule has 0 aliphatic carbocycles. The number of hydrogen-bond donors (Lipinski definition) is 0. The highest BCUT2D eigenvalue weighted by atomic mass is 16.5. The van der Waals surface area contributed by atoms with Gasteiger partial charge in [0.25, 0.3) is 0 Å². The zero-order valence-corrected chi connectivity index (χ0v) is 10.3. The average Bonchev–Trinajstić information content (AvgIpc) is 2.30. The molecule has 0 aliphatic rings. The Kier molecular flexibility index (Phi) is 3.09. The third-order valence-corrected chi connectivity index (χ3v) is 2.89. The summed E-state index contributed by atoms with van der Waals surface area (Å²) in [6.07, 6.45) is 2.12. The summed E-state index contributed by atoms with van der Waals surface area (Å²) in [4.78, 5) is 15.6. The topological polar surface area (TPSA) is 39.2 Å². The van der Waals surface area contributed by atoms with Crippen molar-refractivity contribution in [3.63, 3.8) is 0 Å². The van der Waals surface area contributed by atoms with Crippen LogP contribution in [0, 0.1) is 13.8 Å². The van der Waals surface area contributed by atoms with Crippen molar-refractivity contribution in [1.29, 1.82) is 0 Å². The molecule has 3 nitrogen and oxygen atoms in total. The largest absolute Gasteiger partial charge is 0.469 e. The van der Waals surface area contributed by atoms with Gasteiger partial charge in [-0.15, -0.1) is 0 Å². The minimum atomic E-state index is -0.217. The van der Waals surface area contributed by atoms with E-state index < -0.39 is 0 Å². The first-order valence-electron chi connectivity index (χ1n) is 5.53. The number of benzene rings is 1. The minimum Gasteiger partial charge on any atom is -0.469 e. The maximum Gasteiger partial charge on any atom is 0.309 e. The summed E-state index contributed by atoms with van der Waals surface area (Å²) >= 11 is 0. The number of fused-ring (bicyclic) bond motifs is 1. The van der Waals surface area contributed by atoms with Crippen molar-refractivity contribution in [2.75, 3.05) is 7.11 Å². The molecule has 2 aromatic rings. The average molecular weight is 229 g/mol. The number of aromatic nitrogens is 1. The van der Waals surface area contributed by atoms with E-state index in [1.165, 1.54) is 12.7 Å². The van der Waals surface area contributed by atoms with Crippen LogP contribution in [0.5, 0.6) is 0 Å². The van der Waals surface area contributed by atoms with Crippen LogP contribution in [0.4, 0.5) is 0 Å². The van der Waals surface area contributed by atoms with Gasteiger partial charge in [0.2, 0.25) is 0 Å². The van der Waals surface area contributed by atoms with Gasteiger partial charge >= 0.3 is 5.97 Å². The third-order valence-electron chi connectivity index (χ3n) is 2.89. The van der Waals surface area contributed by atoms with Crippen molar-refractivity contribution in [2.45, 2.75) is 20.3 Å². The fourth-order valence-electron chi connectivity index (χ4n) is 1.98. The highest BCUT2D eigenvalue weighted by molar-refractivity contribution is 5.86. The van der Waals surface area contributed by atoms with Crippen LogP contribution in [-0.4, -0.2) is 18.1 Å². The first-order chi connectivity index (χ1) is 8.11. The molecular weight excluding hydrogens is 214 g/mol. The van der Waals surface area contributed by atoms with Gasteiger partial charge in [0.1, 0.15) is 0 Å². The van der Waals surface area contributed by atoms with Crippen LogP contribution in [-0.2, 0) is 16.0 Å². The van der Waals surface area contributed by atoms with Crippen molar-refractivity contribution in [2.24, 2.45) is 0 Å². The van der Waals surface area contributed by atoms with Gasteiger partial charge in [-0.25, -0.2) is 0 Å². The molecule has 3 heteroatoms. The van der Waals surface area contributed by atoms with Crippen molar-refractivity contribution >= 4 is 16.9 Å². The number of rotatable bonds is 2. The zero-order chi connectivity index (χ0) is 12.4. The molecule has 17 heavy (non-hydrogen) atoms. The number of carbonyl (C=O) groups excluding carboxylic acids is 1. The number of hydrogen-bond acceptors (Lipinski definition) is 3. The molecule has 0 fully saturated rings. The molecule has 1 aromatic carbocycles. The zero-order valence-electron chi connectivity index (χ0n) is 10.3. The predicted molar refractivity (Wildman–Crippen MR) is 66.9 cm³/mol. The lowest BCUT2D eigenvalue weighted by Crippen LogP contribution is -2.05. The Bertz CT molecular complexity index is 576. The van der Waals surface area contributed by atoms with Crippen LogP contribution in [0.2, 0.25) is 0 Å². The summed E-state index contributed by atoms with van der Waals surface area (Å²) < 4.78 is 4.68. The number of nitrogens with zero attached hydrogens (tertiary/aromatic N) is 1. The Labute approximate surface area is 100 Å². The molecule has 0 spiro atoms.